The van der Waals surface area contributed by atoms with Gasteiger partial charge in [-0.1, -0.05) is 6.07 Å². The van der Waals surface area contributed by atoms with Crippen LogP contribution in [-0.4, -0.2) is 21.3 Å². The fourth-order valence-corrected chi connectivity index (χ4v) is 2.52. The van der Waals surface area contributed by atoms with Crippen molar-refractivity contribution in [2.45, 2.75) is 20.0 Å². The Bertz CT molecular complexity index is 1140. The lowest BCUT2D eigenvalue weighted by Gasteiger charge is -2.07. The van der Waals surface area contributed by atoms with Gasteiger partial charge in [0, 0.05) is 18.0 Å². The summed E-state index contributed by atoms with van der Waals surface area (Å²) in [5.41, 5.74) is 2.26. The maximum absolute atomic E-state index is 12.2. The van der Waals surface area contributed by atoms with E-state index in [0.717, 1.165) is 5.56 Å². The number of rotatable bonds is 5. The van der Waals surface area contributed by atoms with Gasteiger partial charge in [0.05, 0.1) is 17.3 Å². The van der Waals surface area contributed by atoms with Crippen LogP contribution in [-0.2, 0) is 16.1 Å². The van der Waals surface area contributed by atoms with E-state index in [0.29, 0.717) is 17.0 Å². The molecule has 0 fully saturated rings. The minimum Gasteiger partial charge on any atom is -0.456 e. The average Bonchev–Trinajstić information content (AvgIpc) is 2.67. The summed E-state index contributed by atoms with van der Waals surface area (Å²) in [4.78, 5) is 40.0. The number of hydrogen-bond acceptors (Lipinski definition) is 6. The number of hydrogen-bond donors (Lipinski definition) is 1. The molecule has 0 bridgehead atoms. The highest BCUT2D eigenvalue weighted by Gasteiger charge is 2.10. The molecule has 3 aromatic rings. The number of aromatic nitrogens is 2. The Morgan fingerprint density at radius 2 is 1.96 bits per heavy atom. The molecule has 0 unspecified atom stereocenters. The van der Waals surface area contributed by atoms with Gasteiger partial charge >= 0.3 is 5.97 Å². The number of nitrogens with zero attached hydrogens (tertiary/aromatic N) is 3. The number of nitrogens with one attached hydrogen (secondary N) is 1. The van der Waals surface area contributed by atoms with Gasteiger partial charge in [0.15, 0.2) is 0 Å². The molecule has 1 amide bonds. The van der Waals surface area contributed by atoms with Crippen molar-refractivity contribution in [3.05, 3.63) is 75.8 Å². The largest absolute Gasteiger partial charge is 0.456 e. The van der Waals surface area contributed by atoms with Gasteiger partial charge in [0.1, 0.15) is 18.7 Å². The first-order valence-corrected chi connectivity index (χ1v) is 8.39. The van der Waals surface area contributed by atoms with Crippen molar-refractivity contribution < 1.29 is 14.3 Å². The van der Waals surface area contributed by atoms with Gasteiger partial charge in [-0.05, 0) is 42.8 Å². The van der Waals surface area contributed by atoms with Crippen molar-refractivity contribution in [3.63, 3.8) is 0 Å². The number of benzene rings is 1. The van der Waals surface area contributed by atoms with E-state index in [9.17, 15) is 14.4 Å². The molecule has 1 N–H and O–H groups in total. The third-order valence-corrected chi connectivity index (χ3v) is 3.86. The Balaban J connectivity index is 1.66. The van der Waals surface area contributed by atoms with Crippen molar-refractivity contribution in [1.82, 2.24) is 9.38 Å². The van der Waals surface area contributed by atoms with Gasteiger partial charge in [0.2, 0.25) is 5.91 Å². The molecule has 8 heteroatoms. The Morgan fingerprint density at radius 1 is 1.21 bits per heavy atom. The number of pyridine rings is 1. The summed E-state index contributed by atoms with van der Waals surface area (Å²) in [5.74, 6) is -1.01. The Morgan fingerprint density at radius 3 is 2.68 bits per heavy atom. The zero-order valence-corrected chi connectivity index (χ0v) is 15.0. The van der Waals surface area contributed by atoms with Crippen molar-refractivity contribution in [2.24, 2.45) is 0 Å². The molecule has 0 aliphatic heterocycles. The van der Waals surface area contributed by atoms with E-state index in [1.807, 2.05) is 13.0 Å². The summed E-state index contributed by atoms with van der Waals surface area (Å²) in [6.45, 7) is 1.74. The smallest absolute Gasteiger partial charge is 0.338 e. The fourth-order valence-electron chi connectivity index (χ4n) is 2.52. The summed E-state index contributed by atoms with van der Waals surface area (Å²) in [6.07, 6.45) is 1.44. The summed E-state index contributed by atoms with van der Waals surface area (Å²) >= 11 is 0. The van der Waals surface area contributed by atoms with Gasteiger partial charge in [-0.25, -0.2) is 9.78 Å². The van der Waals surface area contributed by atoms with Crippen molar-refractivity contribution in [1.29, 1.82) is 5.26 Å². The highest BCUT2D eigenvalue weighted by molar-refractivity contribution is 5.93. The number of ether oxygens (including phenoxy) is 1. The van der Waals surface area contributed by atoms with Gasteiger partial charge in [-0.15, -0.1) is 0 Å². The second-order valence-corrected chi connectivity index (χ2v) is 6.06. The maximum atomic E-state index is 12.2. The number of anilines is 1. The molecule has 0 atom stereocenters. The second-order valence-electron chi connectivity index (χ2n) is 6.06. The Kier molecular flexibility index (Phi) is 5.46. The molecule has 1 aromatic carbocycles. The van der Waals surface area contributed by atoms with Crippen molar-refractivity contribution in [2.75, 3.05) is 5.32 Å². The normalized spacial score (nSPS) is 10.3. The first kappa shape index (κ1) is 18.8. The molecular formula is C20H16N4O4. The molecule has 8 nitrogen and oxygen atoms in total. The number of esters is 1. The topological polar surface area (TPSA) is 114 Å². The van der Waals surface area contributed by atoms with E-state index in [1.165, 1.54) is 34.7 Å². The zero-order chi connectivity index (χ0) is 20.1. The van der Waals surface area contributed by atoms with E-state index in [-0.39, 0.29) is 24.2 Å². The molecule has 0 saturated heterocycles. The Hall–Kier alpha value is -3.99. The van der Waals surface area contributed by atoms with Crippen LogP contribution in [0.3, 0.4) is 0 Å². The van der Waals surface area contributed by atoms with E-state index < -0.39 is 11.9 Å². The predicted octanol–water partition coefficient (Wildman–Crippen LogP) is 2.21. The van der Waals surface area contributed by atoms with E-state index in [1.54, 1.807) is 18.3 Å². The molecule has 2 aromatic heterocycles. The molecule has 140 valence electrons. The Labute approximate surface area is 160 Å². The van der Waals surface area contributed by atoms with Crippen LogP contribution in [0.5, 0.6) is 0 Å². The average molecular weight is 376 g/mol. The summed E-state index contributed by atoms with van der Waals surface area (Å²) in [7, 11) is 0. The van der Waals surface area contributed by atoms with Crippen molar-refractivity contribution >= 4 is 23.2 Å². The van der Waals surface area contributed by atoms with E-state index in [2.05, 4.69) is 10.3 Å². The molecule has 0 aliphatic carbocycles. The number of carbonyl (C=O) groups excluding carboxylic acids is 2. The first-order chi connectivity index (χ1) is 13.5. The molecule has 28 heavy (non-hydrogen) atoms. The van der Waals surface area contributed by atoms with Crippen LogP contribution < -0.4 is 10.9 Å². The van der Waals surface area contributed by atoms with Gasteiger partial charge in [0.25, 0.3) is 5.56 Å². The zero-order valence-electron chi connectivity index (χ0n) is 15.0. The number of aryl methyl sites for hydroxylation is 1. The summed E-state index contributed by atoms with van der Waals surface area (Å²) in [5, 5.41) is 11.0. The number of carbonyl (C=O) groups is 2. The van der Waals surface area contributed by atoms with Crippen LogP contribution in [0.25, 0.3) is 5.65 Å². The molecule has 3 rings (SSSR count). The minimum absolute atomic E-state index is 0.140. The van der Waals surface area contributed by atoms with Crippen LogP contribution >= 0.6 is 0 Å². The van der Waals surface area contributed by atoms with Crippen LogP contribution in [0.4, 0.5) is 5.69 Å². The second kappa shape index (κ2) is 8.14. The maximum Gasteiger partial charge on any atom is 0.338 e. The molecular weight excluding hydrogens is 360 g/mol. The molecule has 0 radical (unpaired) electrons. The van der Waals surface area contributed by atoms with Crippen LogP contribution in [0.2, 0.25) is 0 Å². The molecule has 0 aliphatic rings. The summed E-state index contributed by atoms with van der Waals surface area (Å²) < 4.78 is 6.65. The number of nitriles is 1. The number of fused-ring (bicyclic) bond motifs is 1. The lowest BCUT2D eigenvalue weighted by molar-refractivity contribution is -0.115. The van der Waals surface area contributed by atoms with E-state index in [4.69, 9.17) is 10.00 Å². The van der Waals surface area contributed by atoms with Gasteiger partial charge < -0.3 is 10.1 Å². The monoisotopic (exact) mass is 376 g/mol. The predicted molar refractivity (Wildman–Crippen MR) is 101 cm³/mol. The molecule has 2 heterocycles. The van der Waals surface area contributed by atoms with Crippen LogP contribution in [0.1, 0.15) is 28.0 Å². The number of amides is 1. The minimum atomic E-state index is -0.583. The quantitative estimate of drug-likeness (QED) is 0.683. The van der Waals surface area contributed by atoms with Crippen LogP contribution in [0.15, 0.2) is 53.5 Å². The van der Waals surface area contributed by atoms with Gasteiger partial charge in [-0.3, -0.25) is 14.0 Å². The third kappa shape index (κ3) is 4.40. The first-order valence-electron chi connectivity index (χ1n) is 8.39. The SMILES string of the molecule is Cc1ccc2nc(COC(=O)c3ccc(NC(=O)CC#N)cc3)cc(=O)n2c1. The molecule has 0 spiro atoms. The van der Waals surface area contributed by atoms with Crippen LogP contribution in [0, 0.1) is 18.3 Å². The highest BCUT2D eigenvalue weighted by atomic mass is 16.5. The van der Waals surface area contributed by atoms with Crippen molar-refractivity contribution in [3.8, 4) is 6.07 Å². The molecule has 0 saturated carbocycles. The lowest BCUT2D eigenvalue weighted by atomic mass is 10.2. The summed E-state index contributed by atoms with van der Waals surface area (Å²) in [6, 6.07) is 12.7. The van der Waals surface area contributed by atoms with Gasteiger partial charge in [-0.2, -0.15) is 5.26 Å². The third-order valence-electron chi connectivity index (χ3n) is 3.86. The lowest BCUT2D eigenvalue weighted by Crippen LogP contribution is -2.17. The highest BCUT2D eigenvalue weighted by Crippen LogP contribution is 2.12. The van der Waals surface area contributed by atoms with E-state index >= 15 is 0 Å². The fraction of sp³-hybridized carbons (Fsp3) is 0.150. The standard InChI is InChI=1S/C20H16N4O4/c1-13-2-7-17-22-16(10-19(26)24(17)11-13)12-28-20(27)14-3-5-15(6-4-14)23-18(25)8-9-21/h2-7,10-11H,8,12H2,1H3,(H,23,25).